The first-order valence-corrected chi connectivity index (χ1v) is 15.3. The van der Waals surface area contributed by atoms with Crippen LogP contribution in [0.3, 0.4) is 0 Å². The Morgan fingerprint density at radius 2 is 1.93 bits per heavy atom. The summed E-state index contributed by atoms with van der Waals surface area (Å²) < 4.78 is 2.47. The zero-order chi connectivity index (χ0) is 27.3. The van der Waals surface area contributed by atoms with Crippen molar-refractivity contribution in [2.24, 2.45) is 0 Å². The lowest BCUT2D eigenvalue weighted by atomic mass is 9.90. The molecule has 1 aromatic carbocycles. The average molecular weight is 539 g/mol. The fourth-order valence-electron chi connectivity index (χ4n) is 6.77. The van der Waals surface area contributed by atoms with Crippen LogP contribution in [0.25, 0.3) is 21.8 Å². The highest BCUT2D eigenvalue weighted by Crippen LogP contribution is 2.36. The number of piperazine rings is 1. The van der Waals surface area contributed by atoms with Gasteiger partial charge in [0.2, 0.25) is 5.91 Å². The number of amides is 1. The van der Waals surface area contributed by atoms with Gasteiger partial charge in [0, 0.05) is 61.4 Å². The van der Waals surface area contributed by atoms with Gasteiger partial charge in [-0.2, -0.15) is 0 Å². The van der Waals surface area contributed by atoms with Gasteiger partial charge in [-0.3, -0.25) is 19.7 Å². The van der Waals surface area contributed by atoms with Crippen LogP contribution in [0.15, 0.2) is 54.9 Å². The number of hydrogen-bond donors (Lipinski definition) is 1. The molecule has 1 N–H and O–H groups in total. The second-order valence-electron chi connectivity index (χ2n) is 11.4. The van der Waals surface area contributed by atoms with Gasteiger partial charge in [0.1, 0.15) is 0 Å². The number of pyridine rings is 2. The molecule has 1 fully saturated rings. The summed E-state index contributed by atoms with van der Waals surface area (Å²) in [6.45, 7) is 7.92. The van der Waals surface area contributed by atoms with Gasteiger partial charge in [-0.1, -0.05) is 44.0 Å². The van der Waals surface area contributed by atoms with E-state index in [0.29, 0.717) is 12.6 Å². The van der Waals surface area contributed by atoms with Gasteiger partial charge in [-0.25, -0.2) is 0 Å². The number of nitrogens with zero attached hydrogens (tertiary/aromatic N) is 5. The first-order valence-electron chi connectivity index (χ1n) is 15.3. The molecule has 4 aromatic rings. The van der Waals surface area contributed by atoms with E-state index in [2.05, 4.69) is 64.2 Å². The van der Waals surface area contributed by atoms with E-state index in [0.717, 1.165) is 64.2 Å². The van der Waals surface area contributed by atoms with Gasteiger partial charge in [-0.15, -0.1) is 0 Å². The molecule has 1 aliphatic carbocycles. The van der Waals surface area contributed by atoms with Crippen molar-refractivity contribution in [3.05, 3.63) is 71.8 Å². The number of aromatic nitrogens is 3. The first-order chi connectivity index (χ1) is 19.7. The summed E-state index contributed by atoms with van der Waals surface area (Å²) in [6.07, 6.45) is 12.0. The van der Waals surface area contributed by atoms with Crippen molar-refractivity contribution in [2.45, 2.75) is 71.0 Å². The number of carbonyl (C=O) groups excluding carboxylic acids is 1. The average Bonchev–Trinajstić information content (AvgIpc) is 3.32. The van der Waals surface area contributed by atoms with Crippen molar-refractivity contribution in [2.75, 3.05) is 32.7 Å². The van der Waals surface area contributed by atoms with Gasteiger partial charge >= 0.3 is 0 Å². The van der Waals surface area contributed by atoms with Crippen LogP contribution in [0.4, 0.5) is 0 Å². The number of unbranched alkanes of at least 4 members (excludes halogenated alkanes) is 2. The molecule has 4 heterocycles. The third kappa shape index (κ3) is 5.50. The van der Waals surface area contributed by atoms with Crippen molar-refractivity contribution in [3.63, 3.8) is 0 Å². The Labute approximate surface area is 237 Å². The van der Waals surface area contributed by atoms with Crippen molar-refractivity contribution in [3.8, 4) is 0 Å². The molecule has 6 rings (SSSR count). The summed E-state index contributed by atoms with van der Waals surface area (Å²) in [5.74, 6) is 0.208. The van der Waals surface area contributed by atoms with Gasteiger partial charge in [0.25, 0.3) is 0 Å². The van der Waals surface area contributed by atoms with Crippen molar-refractivity contribution >= 4 is 27.7 Å². The van der Waals surface area contributed by atoms with Crippen LogP contribution < -0.4 is 5.32 Å². The molecule has 0 bridgehead atoms. The molecule has 0 radical (unpaired) electrons. The highest BCUT2D eigenvalue weighted by atomic mass is 16.2. The van der Waals surface area contributed by atoms with Gasteiger partial charge in [0.15, 0.2) is 0 Å². The standard InChI is InChI=1S/C33H42N6O/c1-2-3-6-19-38(30-14-7-10-25-11-8-16-36-32(25)30)24-28-33-27(15-17-35-28)26-12-4-5-13-29(26)39(33)21-9-20-37-22-18-34-23-31(37)40/h4-5,8,11-13,15-17,30,34H,2-3,6-7,9-10,14,18-24H2,1H3. The van der Waals surface area contributed by atoms with E-state index in [1.165, 1.54) is 58.7 Å². The smallest absolute Gasteiger partial charge is 0.236 e. The minimum atomic E-state index is 0.208. The summed E-state index contributed by atoms with van der Waals surface area (Å²) in [6, 6.07) is 15.6. The Bertz CT molecular complexity index is 1460. The lowest BCUT2D eigenvalue weighted by molar-refractivity contribution is -0.131. The van der Waals surface area contributed by atoms with Crippen molar-refractivity contribution < 1.29 is 4.79 Å². The van der Waals surface area contributed by atoms with E-state index in [-0.39, 0.29) is 5.91 Å². The molecule has 2 aliphatic rings. The minimum Gasteiger partial charge on any atom is -0.340 e. The predicted octanol–water partition coefficient (Wildman–Crippen LogP) is 5.48. The van der Waals surface area contributed by atoms with Gasteiger partial charge in [-0.05, 0) is 62.4 Å². The molecule has 210 valence electrons. The topological polar surface area (TPSA) is 66.3 Å². The van der Waals surface area contributed by atoms with Crippen LogP contribution in [0.2, 0.25) is 0 Å². The number of rotatable bonds is 11. The van der Waals surface area contributed by atoms with E-state index in [1.807, 2.05) is 17.3 Å². The SMILES string of the molecule is CCCCCN(Cc1nccc2c3ccccc3n(CCCN3CCNCC3=O)c12)C1CCCc2cccnc21. The molecule has 1 amide bonds. The van der Waals surface area contributed by atoms with Gasteiger partial charge in [0.05, 0.1) is 29.5 Å². The summed E-state index contributed by atoms with van der Waals surface area (Å²) in [7, 11) is 0. The third-order valence-corrected chi connectivity index (χ3v) is 8.76. The number of carbonyl (C=O) groups is 1. The number of hydrogen-bond acceptors (Lipinski definition) is 5. The van der Waals surface area contributed by atoms with Crippen LogP contribution in [0, 0.1) is 0 Å². The predicted molar refractivity (Wildman–Crippen MR) is 161 cm³/mol. The number of benzene rings is 1. The summed E-state index contributed by atoms with van der Waals surface area (Å²) >= 11 is 0. The van der Waals surface area contributed by atoms with E-state index in [4.69, 9.17) is 9.97 Å². The molecule has 1 unspecified atom stereocenters. The molecule has 7 heteroatoms. The number of aryl methyl sites for hydroxylation is 2. The maximum Gasteiger partial charge on any atom is 0.236 e. The number of nitrogens with one attached hydrogen (secondary N) is 1. The molecular formula is C33H42N6O. The van der Waals surface area contributed by atoms with Crippen molar-refractivity contribution in [1.82, 2.24) is 29.7 Å². The van der Waals surface area contributed by atoms with Crippen LogP contribution in [-0.4, -0.2) is 63.0 Å². The van der Waals surface area contributed by atoms with Gasteiger partial charge < -0.3 is 14.8 Å². The van der Waals surface area contributed by atoms with E-state index in [9.17, 15) is 4.79 Å². The fourth-order valence-corrected chi connectivity index (χ4v) is 6.77. The van der Waals surface area contributed by atoms with Crippen LogP contribution in [0.1, 0.15) is 68.4 Å². The van der Waals surface area contributed by atoms with Crippen LogP contribution in [0.5, 0.6) is 0 Å². The van der Waals surface area contributed by atoms with Crippen molar-refractivity contribution in [1.29, 1.82) is 0 Å². The Morgan fingerprint density at radius 3 is 2.83 bits per heavy atom. The van der Waals surface area contributed by atoms with Crippen LogP contribution in [-0.2, 0) is 24.3 Å². The monoisotopic (exact) mass is 538 g/mol. The largest absolute Gasteiger partial charge is 0.340 e. The quantitative estimate of drug-likeness (QED) is 0.256. The summed E-state index contributed by atoms with van der Waals surface area (Å²) in [5.41, 5.74) is 6.31. The molecule has 40 heavy (non-hydrogen) atoms. The Morgan fingerprint density at radius 1 is 1.00 bits per heavy atom. The third-order valence-electron chi connectivity index (χ3n) is 8.76. The second-order valence-corrected chi connectivity index (χ2v) is 11.4. The Kier molecular flexibility index (Phi) is 8.40. The van der Waals surface area contributed by atoms with Crippen LogP contribution >= 0.6 is 0 Å². The van der Waals surface area contributed by atoms with E-state index < -0.39 is 0 Å². The molecule has 1 saturated heterocycles. The molecule has 0 saturated carbocycles. The van der Waals surface area contributed by atoms with E-state index >= 15 is 0 Å². The maximum atomic E-state index is 12.4. The molecule has 7 nitrogen and oxygen atoms in total. The summed E-state index contributed by atoms with van der Waals surface area (Å²) in [4.78, 5) is 27.0. The highest BCUT2D eigenvalue weighted by Gasteiger charge is 2.28. The summed E-state index contributed by atoms with van der Waals surface area (Å²) in [5, 5.41) is 5.73. The number of fused-ring (bicyclic) bond motifs is 4. The zero-order valence-corrected chi connectivity index (χ0v) is 23.8. The molecular weight excluding hydrogens is 496 g/mol. The molecule has 1 atom stereocenters. The van der Waals surface area contributed by atoms with E-state index in [1.54, 1.807) is 0 Å². The highest BCUT2D eigenvalue weighted by molar-refractivity contribution is 6.08. The lowest BCUT2D eigenvalue weighted by Gasteiger charge is -2.35. The first kappa shape index (κ1) is 26.9. The molecule has 3 aromatic heterocycles. The molecule has 1 aliphatic heterocycles. The maximum absolute atomic E-state index is 12.4. The lowest BCUT2D eigenvalue weighted by Crippen LogP contribution is -2.48. The minimum absolute atomic E-state index is 0.208. The number of para-hydroxylation sites is 1. The Balaban J connectivity index is 1.34. The fraction of sp³-hybridized carbons (Fsp3) is 0.485. The normalized spacial score (nSPS) is 17.7. The second kappa shape index (κ2) is 12.5. The molecule has 0 spiro atoms. The Hall–Kier alpha value is -3.29. The zero-order valence-electron chi connectivity index (χ0n) is 23.8.